The number of rotatable bonds is 3. The molecule has 0 unspecified atom stereocenters. The Hall–Kier alpha value is -3.80. The van der Waals surface area contributed by atoms with Crippen molar-refractivity contribution in [2.24, 2.45) is 0 Å². The van der Waals surface area contributed by atoms with Gasteiger partial charge in [0.1, 0.15) is 11.5 Å². The molecule has 1 aromatic heterocycles. The van der Waals surface area contributed by atoms with E-state index in [1.54, 1.807) is 13.0 Å². The molecule has 0 aliphatic carbocycles. The Labute approximate surface area is 192 Å². The van der Waals surface area contributed by atoms with Gasteiger partial charge in [-0.15, -0.1) is 10.2 Å². The molecule has 1 atom stereocenters. The quantitative estimate of drug-likeness (QED) is 0.445. The number of hydrogen-bond donors (Lipinski definition) is 0. The lowest BCUT2D eigenvalue weighted by molar-refractivity contribution is 0.0674. The van der Waals surface area contributed by atoms with E-state index in [0.29, 0.717) is 42.0 Å². The Kier molecular flexibility index (Phi) is 5.50. The van der Waals surface area contributed by atoms with Gasteiger partial charge in [-0.2, -0.15) is 0 Å². The number of hydrogen-bond acceptors (Lipinski definition) is 4. The van der Waals surface area contributed by atoms with Crippen molar-refractivity contribution in [2.45, 2.75) is 19.9 Å². The molecule has 5 rings (SSSR count). The second-order valence-corrected chi connectivity index (χ2v) is 8.54. The molecule has 166 valence electrons. The van der Waals surface area contributed by atoms with E-state index in [9.17, 15) is 9.18 Å². The lowest BCUT2D eigenvalue weighted by Crippen LogP contribution is -2.54. The van der Waals surface area contributed by atoms with Crippen molar-refractivity contribution in [3.05, 3.63) is 89.7 Å². The topological polar surface area (TPSA) is 49.3 Å². The van der Waals surface area contributed by atoms with Crippen LogP contribution in [0.5, 0.6) is 0 Å². The molecule has 4 aromatic rings. The molecule has 0 radical (unpaired) electrons. The molecule has 0 bridgehead atoms. The van der Waals surface area contributed by atoms with Gasteiger partial charge in [-0.25, -0.2) is 4.39 Å². The van der Waals surface area contributed by atoms with E-state index in [-0.39, 0.29) is 17.8 Å². The van der Waals surface area contributed by atoms with Gasteiger partial charge in [-0.1, -0.05) is 54.6 Å². The van der Waals surface area contributed by atoms with Crippen molar-refractivity contribution >= 4 is 22.5 Å². The minimum atomic E-state index is -0.254. The maximum absolute atomic E-state index is 14.2. The van der Waals surface area contributed by atoms with E-state index in [1.807, 2.05) is 65.6 Å². The molecule has 2 heterocycles. The summed E-state index contributed by atoms with van der Waals surface area (Å²) in [5.41, 5.74) is 2.68. The van der Waals surface area contributed by atoms with Gasteiger partial charge in [-0.05, 0) is 37.6 Å². The molecule has 1 aliphatic rings. The molecule has 5 nitrogen and oxygen atoms in total. The number of fused-ring (bicyclic) bond motifs is 1. The summed E-state index contributed by atoms with van der Waals surface area (Å²) in [6.45, 7) is 5.74. The smallest absolute Gasteiger partial charge is 0.254 e. The molecule has 1 fully saturated rings. The number of nitrogens with zero attached hydrogens (tertiary/aromatic N) is 4. The summed E-state index contributed by atoms with van der Waals surface area (Å²) in [6.07, 6.45) is 0. The highest BCUT2D eigenvalue weighted by Gasteiger charge is 2.30. The Balaban J connectivity index is 1.45. The standard InChI is InChI=1S/C27H25FN4O/c1-18-12-13-21(16-24(18)28)25-22-10-6-7-11-23(22)26(30-29-25)31-14-15-32(19(2)17-31)27(33)20-8-4-3-5-9-20/h3-13,16,19H,14-15,17H2,1-2H3/t19-/m0/s1. The van der Waals surface area contributed by atoms with Crippen molar-refractivity contribution in [1.82, 2.24) is 15.1 Å². The number of anilines is 1. The summed E-state index contributed by atoms with van der Waals surface area (Å²) < 4.78 is 14.2. The lowest BCUT2D eigenvalue weighted by Gasteiger charge is -2.40. The molecular weight excluding hydrogens is 415 g/mol. The molecule has 1 amide bonds. The maximum atomic E-state index is 14.2. The second-order valence-electron chi connectivity index (χ2n) is 8.54. The van der Waals surface area contributed by atoms with Gasteiger partial charge in [0.2, 0.25) is 0 Å². The first-order valence-electron chi connectivity index (χ1n) is 11.2. The van der Waals surface area contributed by atoms with Crippen LogP contribution in [-0.4, -0.2) is 46.7 Å². The van der Waals surface area contributed by atoms with E-state index in [1.165, 1.54) is 6.07 Å². The number of aromatic nitrogens is 2. The number of piperazine rings is 1. The third-order valence-electron chi connectivity index (χ3n) is 6.32. The second kappa shape index (κ2) is 8.62. The highest BCUT2D eigenvalue weighted by atomic mass is 19.1. The fraction of sp³-hybridized carbons (Fsp3) is 0.222. The number of aryl methyl sites for hydroxylation is 1. The predicted octanol–water partition coefficient (Wildman–Crippen LogP) is 5.10. The average molecular weight is 441 g/mol. The number of amides is 1. The van der Waals surface area contributed by atoms with E-state index in [4.69, 9.17) is 0 Å². The zero-order valence-corrected chi connectivity index (χ0v) is 18.7. The van der Waals surface area contributed by atoms with Crippen molar-refractivity contribution in [3.8, 4) is 11.3 Å². The molecule has 6 heteroatoms. The normalized spacial score (nSPS) is 16.3. The van der Waals surface area contributed by atoms with Gasteiger partial charge in [0.25, 0.3) is 5.91 Å². The predicted molar refractivity (Wildman–Crippen MR) is 129 cm³/mol. The van der Waals surface area contributed by atoms with Crippen molar-refractivity contribution in [2.75, 3.05) is 24.5 Å². The van der Waals surface area contributed by atoms with Crippen molar-refractivity contribution < 1.29 is 9.18 Å². The molecule has 1 saturated heterocycles. The number of carbonyl (C=O) groups excluding carboxylic acids is 1. The molecule has 1 aliphatic heterocycles. The fourth-order valence-corrected chi connectivity index (χ4v) is 4.47. The largest absolute Gasteiger partial charge is 0.351 e. The Morgan fingerprint density at radius 1 is 0.939 bits per heavy atom. The van der Waals surface area contributed by atoms with Crippen LogP contribution in [0.4, 0.5) is 10.2 Å². The van der Waals surface area contributed by atoms with Gasteiger partial charge in [0.05, 0.1) is 0 Å². The van der Waals surface area contributed by atoms with Crippen LogP contribution in [0.1, 0.15) is 22.8 Å². The third-order valence-corrected chi connectivity index (χ3v) is 6.32. The van der Waals surface area contributed by atoms with Crippen LogP contribution in [0.25, 0.3) is 22.0 Å². The Morgan fingerprint density at radius 3 is 2.39 bits per heavy atom. The van der Waals surface area contributed by atoms with Gasteiger partial charge >= 0.3 is 0 Å². The zero-order valence-electron chi connectivity index (χ0n) is 18.7. The molecule has 3 aromatic carbocycles. The molecule has 0 spiro atoms. The van der Waals surface area contributed by atoms with Crippen LogP contribution in [-0.2, 0) is 0 Å². The Bertz CT molecular complexity index is 1320. The molecule has 0 saturated carbocycles. The van der Waals surface area contributed by atoms with Gasteiger partial charge in [0.15, 0.2) is 5.82 Å². The van der Waals surface area contributed by atoms with Crippen LogP contribution < -0.4 is 4.90 Å². The SMILES string of the molecule is Cc1ccc(-c2nnc(N3CCN(C(=O)c4ccccc4)[C@@H](C)C3)c3ccccc23)cc1F. The molecule has 0 N–H and O–H groups in total. The van der Waals surface area contributed by atoms with Crippen molar-refractivity contribution in [3.63, 3.8) is 0 Å². The average Bonchev–Trinajstić information content (AvgIpc) is 2.85. The van der Waals surface area contributed by atoms with E-state index in [2.05, 4.69) is 22.0 Å². The van der Waals surface area contributed by atoms with E-state index in [0.717, 1.165) is 16.6 Å². The van der Waals surface area contributed by atoms with Gasteiger partial charge < -0.3 is 9.80 Å². The number of carbonyl (C=O) groups is 1. The number of halogens is 1. The van der Waals surface area contributed by atoms with E-state index < -0.39 is 0 Å². The van der Waals surface area contributed by atoms with E-state index >= 15 is 0 Å². The summed E-state index contributed by atoms with van der Waals surface area (Å²) in [6, 6.07) is 22.5. The first-order chi connectivity index (χ1) is 16.0. The molecular formula is C27H25FN4O. The van der Waals surface area contributed by atoms with Crippen LogP contribution in [0.15, 0.2) is 72.8 Å². The monoisotopic (exact) mass is 440 g/mol. The molecule has 33 heavy (non-hydrogen) atoms. The van der Waals surface area contributed by atoms with Crippen LogP contribution in [0.2, 0.25) is 0 Å². The van der Waals surface area contributed by atoms with Crippen molar-refractivity contribution in [1.29, 1.82) is 0 Å². The van der Waals surface area contributed by atoms with Gasteiger partial charge in [-0.3, -0.25) is 4.79 Å². The zero-order chi connectivity index (χ0) is 22.9. The van der Waals surface area contributed by atoms with Crippen LogP contribution in [0, 0.1) is 12.7 Å². The minimum absolute atomic E-state index is 0.0258. The Morgan fingerprint density at radius 2 is 1.67 bits per heavy atom. The highest BCUT2D eigenvalue weighted by Crippen LogP contribution is 2.33. The lowest BCUT2D eigenvalue weighted by atomic mass is 10.0. The van der Waals surface area contributed by atoms with Gasteiger partial charge in [0, 0.05) is 47.6 Å². The van der Waals surface area contributed by atoms with Crippen LogP contribution >= 0.6 is 0 Å². The maximum Gasteiger partial charge on any atom is 0.254 e. The summed E-state index contributed by atoms with van der Waals surface area (Å²) >= 11 is 0. The van der Waals surface area contributed by atoms with Crippen LogP contribution in [0.3, 0.4) is 0 Å². The number of benzene rings is 3. The first-order valence-corrected chi connectivity index (χ1v) is 11.2. The fourth-order valence-electron chi connectivity index (χ4n) is 4.47. The summed E-state index contributed by atoms with van der Waals surface area (Å²) in [5, 5.41) is 11.0. The summed E-state index contributed by atoms with van der Waals surface area (Å²) in [5.74, 6) is 0.589. The minimum Gasteiger partial charge on any atom is -0.351 e. The summed E-state index contributed by atoms with van der Waals surface area (Å²) in [4.78, 5) is 17.1. The highest BCUT2D eigenvalue weighted by molar-refractivity contribution is 6.00. The summed E-state index contributed by atoms with van der Waals surface area (Å²) in [7, 11) is 0. The first kappa shape index (κ1) is 21.1. The third kappa shape index (κ3) is 3.93.